The molecule has 26 heavy (non-hydrogen) atoms. The van der Waals surface area contributed by atoms with E-state index in [1.54, 1.807) is 36.4 Å². The van der Waals surface area contributed by atoms with E-state index in [1.165, 1.54) is 19.2 Å². The lowest BCUT2D eigenvalue weighted by molar-refractivity contribution is 0.417. The molecule has 0 aliphatic rings. The van der Waals surface area contributed by atoms with Crippen LogP contribution in [0.25, 0.3) is 0 Å². The summed E-state index contributed by atoms with van der Waals surface area (Å²) in [7, 11) is -2.27. The van der Waals surface area contributed by atoms with Crippen LogP contribution in [-0.2, 0) is 10.0 Å². The largest absolute Gasteiger partial charge is 0.495 e. The number of unbranched alkanes of at least 4 members (excludes halogenated alkanes) is 1. The van der Waals surface area contributed by atoms with Crippen molar-refractivity contribution in [1.82, 2.24) is 5.32 Å². The number of hydrogen-bond acceptors (Lipinski definition) is 4. The zero-order valence-corrected chi connectivity index (χ0v) is 16.4. The van der Waals surface area contributed by atoms with Crippen LogP contribution in [0.1, 0.15) is 19.8 Å². The van der Waals surface area contributed by atoms with Crippen molar-refractivity contribution in [3.8, 4) is 5.75 Å². The van der Waals surface area contributed by atoms with E-state index in [9.17, 15) is 8.42 Å². The highest BCUT2D eigenvalue weighted by Gasteiger charge is 2.17. The molecule has 0 amide bonds. The number of methoxy groups -OCH3 is 1. The summed E-state index contributed by atoms with van der Waals surface area (Å²) >= 11 is 5.22. The lowest BCUT2D eigenvalue weighted by Gasteiger charge is -2.13. The third-order valence-corrected chi connectivity index (χ3v) is 5.18. The van der Waals surface area contributed by atoms with Gasteiger partial charge in [0, 0.05) is 12.2 Å². The minimum absolute atomic E-state index is 0.129. The molecule has 0 saturated carbocycles. The van der Waals surface area contributed by atoms with Gasteiger partial charge in [-0.1, -0.05) is 31.5 Å². The van der Waals surface area contributed by atoms with E-state index in [0.717, 1.165) is 19.4 Å². The quantitative estimate of drug-likeness (QED) is 0.470. The topological polar surface area (TPSA) is 79.5 Å². The number of sulfonamides is 1. The number of ether oxygens (including phenoxy) is 1. The van der Waals surface area contributed by atoms with Crippen LogP contribution < -0.4 is 20.1 Å². The molecule has 0 spiro atoms. The fourth-order valence-electron chi connectivity index (χ4n) is 2.23. The lowest BCUT2D eigenvalue weighted by atomic mass is 10.3. The molecule has 6 nitrogen and oxygen atoms in total. The molecule has 140 valence electrons. The third-order valence-electron chi connectivity index (χ3n) is 3.57. The average Bonchev–Trinajstić information content (AvgIpc) is 2.62. The number of para-hydroxylation sites is 2. The summed E-state index contributed by atoms with van der Waals surface area (Å²) in [4.78, 5) is 0.129. The Morgan fingerprint density at radius 2 is 1.92 bits per heavy atom. The van der Waals surface area contributed by atoms with Crippen LogP contribution in [0.5, 0.6) is 5.75 Å². The molecule has 0 radical (unpaired) electrons. The Labute approximate surface area is 160 Å². The second-order valence-corrected chi connectivity index (χ2v) is 7.66. The van der Waals surface area contributed by atoms with Gasteiger partial charge in [-0.05, 0) is 49.0 Å². The van der Waals surface area contributed by atoms with Gasteiger partial charge < -0.3 is 15.4 Å². The average molecular weight is 394 g/mol. The Morgan fingerprint density at radius 1 is 1.15 bits per heavy atom. The van der Waals surface area contributed by atoms with Crippen molar-refractivity contribution in [3.63, 3.8) is 0 Å². The Bertz CT molecular complexity index is 854. The van der Waals surface area contributed by atoms with Crippen LogP contribution in [0, 0.1) is 0 Å². The van der Waals surface area contributed by atoms with Gasteiger partial charge in [0.25, 0.3) is 10.0 Å². The molecular formula is C18H23N3O3S2. The zero-order valence-electron chi connectivity index (χ0n) is 14.8. The maximum Gasteiger partial charge on any atom is 0.262 e. The van der Waals surface area contributed by atoms with E-state index in [2.05, 4.69) is 22.3 Å². The van der Waals surface area contributed by atoms with Gasteiger partial charge in [-0.15, -0.1) is 0 Å². The molecule has 0 saturated heterocycles. The molecule has 3 N–H and O–H groups in total. The normalized spacial score (nSPS) is 10.8. The summed E-state index contributed by atoms with van der Waals surface area (Å²) < 4.78 is 33.1. The van der Waals surface area contributed by atoms with Crippen molar-refractivity contribution in [2.45, 2.75) is 24.7 Å². The summed E-state index contributed by atoms with van der Waals surface area (Å²) in [5.74, 6) is 0.451. The first kappa shape index (κ1) is 20.0. The second kappa shape index (κ2) is 9.40. The lowest BCUT2D eigenvalue weighted by Crippen LogP contribution is -2.29. The summed E-state index contributed by atoms with van der Waals surface area (Å²) in [6.45, 7) is 2.87. The molecule has 2 aromatic carbocycles. The Balaban J connectivity index is 2.13. The maximum absolute atomic E-state index is 12.7. The zero-order chi connectivity index (χ0) is 19.0. The highest BCUT2D eigenvalue weighted by molar-refractivity contribution is 7.92. The standard InChI is InChI=1S/C18H23N3O3S2/c1-3-4-12-19-18(25)20-14-8-7-9-15(13-14)26(22,23)21-16-10-5-6-11-17(16)24-2/h5-11,13,21H,3-4,12H2,1-2H3,(H2,19,20,25). The third kappa shape index (κ3) is 5.60. The smallest absolute Gasteiger partial charge is 0.262 e. The fraction of sp³-hybridized carbons (Fsp3) is 0.278. The highest BCUT2D eigenvalue weighted by Crippen LogP contribution is 2.26. The van der Waals surface area contributed by atoms with Crippen LogP contribution in [0.4, 0.5) is 11.4 Å². The number of rotatable bonds is 8. The van der Waals surface area contributed by atoms with E-state index in [4.69, 9.17) is 17.0 Å². The van der Waals surface area contributed by atoms with Crippen molar-refractivity contribution in [2.75, 3.05) is 23.7 Å². The number of anilines is 2. The van der Waals surface area contributed by atoms with Crippen LogP contribution in [0.2, 0.25) is 0 Å². The van der Waals surface area contributed by atoms with Gasteiger partial charge in [0.1, 0.15) is 5.75 Å². The first-order valence-corrected chi connectivity index (χ1v) is 10.2. The van der Waals surface area contributed by atoms with E-state index in [0.29, 0.717) is 22.2 Å². The molecule has 0 aliphatic heterocycles. The van der Waals surface area contributed by atoms with Crippen molar-refractivity contribution in [1.29, 1.82) is 0 Å². The van der Waals surface area contributed by atoms with Crippen LogP contribution in [-0.4, -0.2) is 27.2 Å². The monoisotopic (exact) mass is 393 g/mol. The predicted molar refractivity (Wildman–Crippen MR) is 109 cm³/mol. The fourth-order valence-corrected chi connectivity index (χ4v) is 3.56. The van der Waals surface area contributed by atoms with Gasteiger partial charge >= 0.3 is 0 Å². The van der Waals surface area contributed by atoms with Gasteiger partial charge in [0.2, 0.25) is 0 Å². The number of hydrogen-bond donors (Lipinski definition) is 3. The molecular weight excluding hydrogens is 370 g/mol. The first-order chi connectivity index (χ1) is 12.5. The first-order valence-electron chi connectivity index (χ1n) is 8.27. The Hall–Kier alpha value is -2.32. The van der Waals surface area contributed by atoms with Gasteiger partial charge in [0.05, 0.1) is 17.7 Å². The Morgan fingerprint density at radius 3 is 2.65 bits per heavy atom. The molecule has 0 unspecified atom stereocenters. The van der Waals surface area contributed by atoms with Crippen molar-refractivity contribution in [3.05, 3.63) is 48.5 Å². The van der Waals surface area contributed by atoms with Crippen molar-refractivity contribution in [2.24, 2.45) is 0 Å². The van der Waals surface area contributed by atoms with E-state index < -0.39 is 10.0 Å². The summed E-state index contributed by atoms with van der Waals surface area (Å²) in [6, 6.07) is 13.3. The molecule has 0 aliphatic carbocycles. The molecule has 0 fully saturated rings. The molecule has 2 aromatic rings. The van der Waals surface area contributed by atoms with Crippen molar-refractivity contribution >= 4 is 38.7 Å². The SMILES string of the molecule is CCCCNC(=S)Nc1cccc(S(=O)(=O)Nc2ccccc2OC)c1. The molecule has 0 bridgehead atoms. The van der Waals surface area contributed by atoms with E-state index >= 15 is 0 Å². The molecule has 0 aromatic heterocycles. The number of thiocarbonyl (C=S) groups is 1. The second-order valence-electron chi connectivity index (χ2n) is 5.57. The summed E-state index contributed by atoms with van der Waals surface area (Å²) in [5.41, 5.74) is 0.979. The van der Waals surface area contributed by atoms with Crippen LogP contribution in [0.3, 0.4) is 0 Å². The van der Waals surface area contributed by atoms with Gasteiger partial charge in [-0.3, -0.25) is 4.72 Å². The minimum Gasteiger partial charge on any atom is -0.495 e. The van der Waals surface area contributed by atoms with Gasteiger partial charge in [-0.25, -0.2) is 8.42 Å². The molecule has 8 heteroatoms. The molecule has 0 atom stereocenters. The maximum atomic E-state index is 12.7. The van der Waals surface area contributed by atoms with Gasteiger partial charge in [0.15, 0.2) is 5.11 Å². The van der Waals surface area contributed by atoms with Gasteiger partial charge in [-0.2, -0.15) is 0 Å². The molecule has 0 heterocycles. The minimum atomic E-state index is -3.76. The van der Waals surface area contributed by atoms with E-state index in [1.807, 2.05) is 0 Å². The summed E-state index contributed by atoms with van der Waals surface area (Å²) in [5, 5.41) is 6.55. The number of benzene rings is 2. The van der Waals surface area contributed by atoms with Crippen LogP contribution in [0.15, 0.2) is 53.4 Å². The predicted octanol–water partition coefficient (Wildman–Crippen LogP) is 3.58. The summed E-state index contributed by atoms with van der Waals surface area (Å²) in [6.07, 6.45) is 2.08. The highest BCUT2D eigenvalue weighted by atomic mass is 32.2. The van der Waals surface area contributed by atoms with Crippen LogP contribution >= 0.6 is 12.2 Å². The van der Waals surface area contributed by atoms with E-state index in [-0.39, 0.29) is 4.90 Å². The number of nitrogens with one attached hydrogen (secondary N) is 3. The molecule has 2 rings (SSSR count). The Kier molecular flexibility index (Phi) is 7.23. The van der Waals surface area contributed by atoms with Crippen molar-refractivity contribution < 1.29 is 13.2 Å².